The van der Waals surface area contributed by atoms with Crippen LogP contribution in [0.4, 0.5) is 5.69 Å². The Labute approximate surface area is 181 Å². The molecule has 0 atom stereocenters. The largest absolute Gasteiger partial charge is 0.326 e. The Morgan fingerprint density at radius 1 is 1.07 bits per heavy atom. The zero-order valence-corrected chi connectivity index (χ0v) is 19.1. The molecule has 0 radical (unpaired) electrons. The molecule has 1 amide bonds. The maximum absolute atomic E-state index is 12.3. The van der Waals surface area contributed by atoms with Crippen LogP contribution in [0.2, 0.25) is 0 Å². The lowest BCUT2D eigenvalue weighted by atomic mass is 10.1. The zero-order chi connectivity index (χ0) is 21.9. The molecule has 0 aliphatic carbocycles. The van der Waals surface area contributed by atoms with Crippen LogP contribution in [0.1, 0.15) is 17.5 Å². The van der Waals surface area contributed by atoms with Crippen molar-refractivity contribution in [1.82, 2.24) is 9.29 Å². The SMILES string of the molecule is Cc1cc(SCCC(=O)Nc2ccc(S(=O)(=O)N(C)C)cc2)nc2c(C)cccc12. The highest BCUT2D eigenvalue weighted by Crippen LogP contribution is 2.26. The number of anilines is 1. The van der Waals surface area contributed by atoms with Crippen molar-refractivity contribution in [2.75, 3.05) is 25.2 Å². The molecule has 1 heterocycles. The number of pyridine rings is 1. The molecule has 6 nitrogen and oxygen atoms in total. The van der Waals surface area contributed by atoms with Gasteiger partial charge in [0.25, 0.3) is 0 Å². The first-order valence-corrected chi connectivity index (χ1v) is 11.9. The summed E-state index contributed by atoms with van der Waals surface area (Å²) >= 11 is 1.55. The van der Waals surface area contributed by atoms with Gasteiger partial charge in [-0.05, 0) is 55.3 Å². The van der Waals surface area contributed by atoms with Gasteiger partial charge < -0.3 is 5.32 Å². The first-order valence-electron chi connectivity index (χ1n) is 9.50. The van der Waals surface area contributed by atoms with Crippen LogP contribution < -0.4 is 5.32 Å². The Morgan fingerprint density at radius 2 is 1.77 bits per heavy atom. The third-order valence-corrected chi connectivity index (χ3v) is 7.46. The number of aromatic nitrogens is 1. The molecule has 0 spiro atoms. The van der Waals surface area contributed by atoms with Crippen LogP contribution in [0, 0.1) is 13.8 Å². The van der Waals surface area contributed by atoms with Crippen LogP contribution in [0.5, 0.6) is 0 Å². The van der Waals surface area contributed by atoms with Crippen molar-refractivity contribution in [2.24, 2.45) is 0 Å². The van der Waals surface area contributed by atoms with Gasteiger partial charge in [-0.1, -0.05) is 18.2 Å². The Morgan fingerprint density at radius 3 is 2.43 bits per heavy atom. The number of carbonyl (C=O) groups is 1. The highest BCUT2D eigenvalue weighted by molar-refractivity contribution is 7.99. The van der Waals surface area contributed by atoms with Crippen molar-refractivity contribution in [2.45, 2.75) is 30.2 Å². The number of benzene rings is 2. The van der Waals surface area contributed by atoms with Gasteiger partial charge in [0.1, 0.15) is 0 Å². The van der Waals surface area contributed by atoms with Crippen LogP contribution >= 0.6 is 11.8 Å². The number of hydrogen-bond donors (Lipinski definition) is 1. The quantitative estimate of drug-likeness (QED) is 0.553. The summed E-state index contributed by atoms with van der Waals surface area (Å²) in [7, 11) is -0.515. The second kappa shape index (κ2) is 9.16. The van der Waals surface area contributed by atoms with Gasteiger partial charge >= 0.3 is 0 Å². The van der Waals surface area contributed by atoms with E-state index >= 15 is 0 Å². The van der Waals surface area contributed by atoms with E-state index in [0.717, 1.165) is 25.8 Å². The topological polar surface area (TPSA) is 79.4 Å². The van der Waals surface area contributed by atoms with E-state index in [0.29, 0.717) is 17.9 Å². The molecule has 3 rings (SSSR count). The Bertz CT molecular complexity index is 1170. The molecular weight excluding hydrogens is 418 g/mol. The predicted octanol–water partition coefficient (Wildman–Crippen LogP) is 4.22. The molecule has 3 aromatic rings. The number of para-hydroxylation sites is 1. The minimum absolute atomic E-state index is 0.126. The third kappa shape index (κ3) is 5.00. The fraction of sp³-hybridized carbons (Fsp3) is 0.273. The van der Waals surface area contributed by atoms with Crippen LogP contribution in [-0.2, 0) is 14.8 Å². The fourth-order valence-corrected chi connectivity index (χ4v) is 4.81. The number of nitrogens with one attached hydrogen (secondary N) is 1. The third-order valence-electron chi connectivity index (χ3n) is 4.72. The summed E-state index contributed by atoms with van der Waals surface area (Å²) in [5.41, 5.74) is 3.87. The van der Waals surface area contributed by atoms with Crippen molar-refractivity contribution in [3.63, 3.8) is 0 Å². The first kappa shape index (κ1) is 22.3. The molecule has 8 heteroatoms. The smallest absolute Gasteiger partial charge is 0.242 e. The lowest BCUT2D eigenvalue weighted by molar-refractivity contribution is -0.115. The molecule has 1 N–H and O–H groups in total. The summed E-state index contributed by atoms with van der Waals surface area (Å²) in [4.78, 5) is 17.2. The normalized spacial score (nSPS) is 11.8. The predicted molar refractivity (Wildman–Crippen MR) is 123 cm³/mol. The molecule has 158 valence electrons. The molecule has 0 saturated heterocycles. The van der Waals surface area contributed by atoms with Gasteiger partial charge in [-0.25, -0.2) is 17.7 Å². The number of amides is 1. The average molecular weight is 444 g/mol. The monoisotopic (exact) mass is 443 g/mol. The molecule has 0 unspecified atom stereocenters. The van der Waals surface area contributed by atoms with Gasteiger partial charge in [0.2, 0.25) is 15.9 Å². The van der Waals surface area contributed by atoms with Crippen molar-refractivity contribution in [1.29, 1.82) is 0 Å². The number of hydrogen-bond acceptors (Lipinski definition) is 5. The molecule has 1 aromatic heterocycles. The molecular formula is C22H25N3O3S2. The average Bonchev–Trinajstić information content (AvgIpc) is 2.69. The minimum atomic E-state index is -3.48. The zero-order valence-electron chi connectivity index (χ0n) is 17.5. The summed E-state index contributed by atoms with van der Waals surface area (Å²) in [5.74, 6) is 0.474. The van der Waals surface area contributed by atoms with Crippen LogP contribution in [0.3, 0.4) is 0 Å². The second-order valence-electron chi connectivity index (χ2n) is 7.21. The number of fused-ring (bicyclic) bond motifs is 1. The summed E-state index contributed by atoms with van der Waals surface area (Å²) in [5, 5.41) is 4.86. The molecule has 2 aromatic carbocycles. The van der Waals surface area contributed by atoms with Gasteiger partial charge in [0.05, 0.1) is 15.4 Å². The van der Waals surface area contributed by atoms with Crippen molar-refractivity contribution >= 4 is 44.3 Å². The molecule has 0 bridgehead atoms. The van der Waals surface area contributed by atoms with Gasteiger partial charge in [0.15, 0.2) is 0 Å². The Balaban J connectivity index is 1.58. The van der Waals surface area contributed by atoms with Crippen LogP contribution in [-0.4, -0.2) is 43.5 Å². The van der Waals surface area contributed by atoms with E-state index in [1.807, 2.05) is 25.1 Å². The summed E-state index contributed by atoms with van der Waals surface area (Å²) < 4.78 is 25.4. The van der Waals surface area contributed by atoms with E-state index in [4.69, 9.17) is 4.98 Å². The Hall–Kier alpha value is -2.42. The van der Waals surface area contributed by atoms with Gasteiger partial charge in [-0.15, -0.1) is 11.8 Å². The minimum Gasteiger partial charge on any atom is -0.326 e. The summed E-state index contributed by atoms with van der Waals surface area (Å²) in [6.07, 6.45) is 0.328. The maximum Gasteiger partial charge on any atom is 0.242 e. The summed E-state index contributed by atoms with van der Waals surface area (Å²) in [6, 6.07) is 14.4. The van der Waals surface area contributed by atoms with E-state index in [1.54, 1.807) is 23.9 Å². The lowest BCUT2D eigenvalue weighted by Crippen LogP contribution is -2.22. The first-order chi connectivity index (χ1) is 14.2. The number of nitrogens with zero attached hydrogens (tertiary/aromatic N) is 2. The van der Waals surface area contributed by atoms with E-state index in [2.05, 4.69) is 18.3 Å². The van der Waals surface area contributed by atoms with Crippen molar-refractivity contribution in [3.8, 4) is 0 Å². The number of rotatable bonds is 7. The molecule has 0 aliphatic heterocycles. The highest BCUT2D eigenvalue weighted by atomic mass is 32.2. The van der Waals surface area contributed by atoms with Crippen LogP contribution in [0.15, 0.2) is 58.5 Å². The molecule has 0 aliphatic rings. The lowest BCUT2D eigenvalue weighted by Gasteiger charge is -2.12. The molecule has 30 heavy (non-hydrogen) atoms. The number of aryl methyl sites for hydroxylation is 2. The molecule has 0 fully saturated rings. The van der Waals surface area contributed by atoms with E-state index in [-0.39, 0.29) is 10.8 Å². The summed E-state index contributed by atoms with van der Waals surface area (Å²) in [6.45, 7) is 4.12. The van der Waals surface area contributed by atoms with Gasteiger partial charge in [0, 0.05) is 37.3 Å². The highest BCUT2D eigenvalue weighted by Gasteiger charge is 2.16. The molecule has 0 saturated carbocycles. The van der Waals surface area contributed by atoms with Gasteiger partial charge in [-0.2, -0.15) is 0 Å². The van der Waals surface area contributed by atoms with Crippen molar-refractivity contribution in [3.05, 3.63) is 59.7 Å². The van der Waals surface area contributed by atoms with Crippen LogP contribution in [0.25, 0.3) is 10.9 Å². The second-order valence-corrected chi connectivity index (χ2v) is 10.5. The fourth-order valence-electron chi connectivity index (χ4n) is 3.00. The van der Waals surface area contributed by atoms with E-state index in [9.17, 15) is 13.2 Å². The van der Waals surface area contributed by atoms with Gasteiger partial charge in [-0.3, -0.25) is 4.79 Å². The van der Waals surface area contributed by atoms with E-state index in [1.165, 1.54) is 31.8 Å². The maximum atomic E-state index is 12.3. The number of sulfonamides is 1. The number of carbonyl (C=O) groups excluding carboxylic acids is 1. The Kier molecular flexibility index (Phi) is 6.80. The standard InChI is InChI=1S/C22H25N3O3S2/c1-15-6-5-7-19-16(2)14-21(24-22(15)19)29-13-12-20(26)23-17-8-10-18(11-9-17)30(27,28)25(3)4/h5-11,14H,12-13H2,1-4H3,(H,23,26). The number of thioether (sulfide) groups is 1. The van der Waals surface area contributed by atoms with Crippen molar-refractivity contribution < 1.29 is 13.2 Å². The van der Waals surface area contributed by atoms with E-state index < -0.39 is 10.0 Å².